The monoisotopic (exact) mass is 378 g/mol. The molecule has 0 heterocycles. The first-order valence-corrected chi connectivity index (χ1v) is 7.74. The first-order valence-electron chi connectivity index (χ1n) is 6.95. The summed E-state index contributed by atoms with van der Waals surface area (Å²) in [6.45, 7) is 1.87. The van der Waals surface area contributed by atoms with Gasteiger partial charge in [-0.3, -0.25) is 14.9 Å². The number of nitro benzene ring substituents is 1. The lowest BCUT2D eigenvalue weighted by molar-refractivity contribution is -0.384. The number of aryl methyl sites for hydroxylation is 1. The van der Waals surface area contributed by atoms with E-state index in [0.717, 1.165) is 16.5 Å². The maximum atomic E-state index is 11.9. The van der Waals surface area contributed by atoms with Crippen LogP contribution in [0.4, 0.5) is 11.4 Å². The summed E-state index contributed by atoms with van der Waals surface area (Å²) in [4.78, 5) is 22.0. The fourth-order valence-electron chi connectivity index (χ4n) is 1.97. The Morgan fingerprint density at radius 2 is 1.96 bits per heavy atom. The van der Waals surface area contributed by atoms with E-state index in [-0.39, 0.29) is 18.2 Å². The number of benzene rings is 2. The second-order valence-corrected chi connectivity index (χ2v) is 5.66. The number of nitrogens with one attached hydrogen (secondary N) is 1. The number of hydrogen-bond donors (Lipinski definition) is 1. The molecule has 0 aromatic heterocycles. The molecule has 0 radical (unpaired) electrons. The minimum absolute atomic E-state index is 0.0262. The Labute approximate surface area is 141 Å². The van der Waals surface area contributed by atoms with Gasteiger partial charge in [0.25, 0.3) is 11.6 Å². The van der Waals surface area contributed by atoms with Gasteiger partial charge in [0.1, 0.15) is 5.75 Å². The zero-order chi connectivity index (χ0) is 16.8. The van der Waals surface area contributed by atoms with Crippen molar-refractivity contribution >= 4 is 33.2 Å². The normalized spacial score (nSPS) is 10.2. The summed E-state index contributed by atoms with van der Waals surface area (Å²) in [6, 6.07) is 11.2. The maximum Gasteiger partial charge on any atom is 0.269 e. The van der Waals surface area contributed by atoms with Gasteiger partial charge in [-0.15, -0.1) is 0 Å². The van der Waals surface area contributed by atoms with Crippen molar-refractivity contribution < 1.29 is 14.5 Å². The first-order chi connectivity index (χ1) is 11.0. The van der Waals surface area contributed by atoms with Crippen LogP contribution in [0.3, 0.4) is 0 Å². The molecule has 2 aromatic rings. The van der Waals surface area contributed by atoms with Crippen molar-refractivity contribution in [2.45, 2.75) is 13.3 Å². The lowest BCUT2D eigenvalue weighted by Gasteiger charge is -2.11. The van der Waals surface area contributed by atoms with Gasteiger partial charge in [0.05, 0.1) is 4.92 Å². The van der Waals surface area contributed by atoms with Crippen LogP contribution in [-0.2, 0) is 11.2 Å². The second-order valence-electron chi connectivity index (χ2n) is 4.75. The van der Waals surface area contributed by atoms with Gasteiger partial charge in [-0.05, 0) is 42.3 Å². The zero-order valence-corrected chi connectivity index (χ0v) is 14.0. The average molecular weight is 379 g/mol. The third-order valence-corrected chi connectivity index (χ3v) is 3.62. The second kappa shape index (κ2) is 7.73. The first kappa shape index (κ1) is 17.0. The molecule has 0 fully saturated rings. The van der Waals surface area contributed by atoms with Gasteiger partial charge >= 0.3 is 0 Å². The van der Waals surface area contributed by atoms with Crippen molar-refractivity contribution in [2.24, 2.45) is 0 Å². The number of hydrogen-bond acceptors (Lipinski definition) is 4. The molecule has 1 N–H and O–H groups in total. The van der Waals surface area contributed by atoms with E-state index in [2.05, 4.69) is 21.2 Å². The van der Waals surface area contributed by atoms with Crippen molar-refractivity contribution in [1.82, 2.24) is 0 Å². The molecule has 0 aliphatic rings. The van der Waals surface area contributed by atoms with E-state index in [0.29, 0.717) is 11.4 Å². The van der Waals surface area contributed by atoms with Crippen LogP contribution in [0.1, 0.15) is 12.5 Å². The lowest BCUT2D eigenvalue weighted by Crippen LogP contribution is -2.20. The highest BCUT2D eigenvalue weighted by molar-refractivity contribution is 9.10. The molecule has 2 rings (SSSR count). The van der Waals surface area contributed by atoms with Gasteiger partial charge < -0.3 is 10.1 Å². The van der Waals surface area contributed by atoms with Crippen LogP contribution in [-0.4, -0.2) is 17.4 Å². The maximum absolute atomic E-state index is 11.9. The van der Waals surface area contributed by atoms with Crippen molar-refractivity contribution in [1.29, 1.82) is 0 Å². The number of halogens is 1. The number of nitrogens with zero attached hydrogens (tertiary/aromatic N) is 1. The van der Waals surface area contributed by atoms with Crippen molar-refractivity contribution in [3.63, 3.8) is 0 Å². The number of amides is 1. The van der Waals surface area contributed by atoms with Gasteiger partial charge in [0.2, 0.25) is 0 Å². The molecule has 7 heteroatoms. The van der Waals surface area contributed by atoms with Gasteiger partial charge in [-0.25, -0.2) is 0 Å². The zero-order valence-electron chi connectivity index (χ0n) is 12.4. The van der Waals surface area contributed by atoms with E-state index in [1.54, 1.807) is 0 Å². The van der Waals surface area contributed by atoms with Crippen molar-refractivity contribution in [3.05, 3.63) is 62.6 Å². The van der Waals surface area contributed by atoms with E-state index >= 15 is 0 Å². The Morgan fingerprint density at radius 3 is 2.57 bits per heavy atom. The number of non-ortho nitro benzene ring substituents is 1. The predicted octanol–water partition coefficient (Wildman–Crippen LogP) is 3.94. The fourth-order valence-corrected chi connectivity index (χ4v) is 2.38. The molecule has 0 aliphatic heterocycles. The number of carbonyl (C=O) groups excluding carboxylic acids is 1. The number of carbonyl (C=O) groups is 1. The highest BCUT2D eigenvalue weighted by Crippen LogP contribution is 2.23. The number of rotatable bonds is 6. The quantitative estimate of drug-likeness (QED) is 0.609. The van der Waals surface area contributed by atoms with E-state index in [9.17, 15) is 14.9 Å². The Bertz CT molecular complexity index is 717. The third kappa shape index (κ3) is 4.79. The van der Waals surface area contributed by atoms with E-state index in [4.69, 9.17) is 4.74 Å². The Balaban J connectivity index is 1.94. The summed E-state index contributed by atoms with van der Waals surface area (Å²) in [7, 11) is 0. The molecular formula is C16H15BrN2O4. The summed E-state index contributed by atoms with van der Waals surface area (Å²) in [5, 5.41) is 13.2. The summed E-state index contributed by atoms with van der Waals surface area (Å²) in [6.07, 6.45) is 0.790. The standard InChI is InChI=1S/C16H15BrN2O4/c1-2-11-9-12(17)3-8-15(11)23-10-16(20)18-13-4-6-14(7-5-13)19(21)22/h3-9H,2,10H2,1H3,(H,18,20). The van der Waals surface area contributed by atoms with Crippen LogP contribution in [0.25, 0.3) is 0 Å². The summed E-state index contributed by atoms with van der Waals surface area (Å²) >= 11 is 3.39. The van der Waals surface area contributed by atoms with Crippen molar-refractivity contribution in [2.75, 3.05) is 11.9 Å². The van der Waals surface area contributed by atoms with Gasteiger partial charge in [-0.1, -0.05) is 22.9 Å². The average Bonchev–Trinajstić information content (AvgIpc) is 2.54. The molecular weight excluding hydrogens is 364 g/mol. The molecule has 2 aromatic carbocycles. The topological polar surface area (TPSA) is 81.5 Å². The Kier molecular flexibility index (Phi) is 5.70. The van der Waals surface area contributed by atoms with Crippen LogP contribution in [0.15, 0.2) is 46.9 Å². The van der Waals surface area contributed by atoms with Gasteiger partial charge in [0, 0.05) is 22.3 Å². The number of anilines is 1. The Hall–Kier alpha value is -2.41. The summed E-state index contributed by atoms with van der Waals surface area (Å²) < 4.78 is 6.49. The molecule has 0 atom stereocenters. The molecule has 120 valence electrons. The van der Waals surface area contributed by atoms with Crippen LogP contribution < -0.4 is 10.1 Å². The highest BCUT2D eigenvalue weighted by Gasteiger charge is 2.09. The molecule has 0 bridgehead atoms. The van der Waals surface area contributed by atoms with Crippen LogP contribution in [0.5, 0.6) is 5.75 Å². The summed E-state index contributed by atoms with van der Waals surface area (Å²) in [5.74, 6) is 0.332. The van der Waals surface area contributed by atoms with Crippen LogP contribution in [0.2, 0.25) is 0 Å². The summed E-state index contributed by atoms with van der Waals surface area (Å²) in [5.41, 5.74) is 1.46. The van der Waals surface area contributed by atoms with Crippen LogP contribution in [0, 0.1) is 10.1 Å². The molecule has 6 nitrogen and oxygen atoms in total. The van der Waals surface area contributed by atoms with E-state index < -0.39 is 4.92 Å². The minimum atomic E-state index is -0.492. The molecule has 0 spiro atoms. The fraction of sp³-hybridized carbons (Fsp3) is 0.188. The number of nitro groups is 1. The molecule has 0 saturated carbocycles. The molecule has 0 aliphatic carbocycles. The Morgan fingerprint density at radius 1 is 1.26 bits per heavy atom. The van der Waals surface area contributed by atoms with Crippen LogP contribution >= 0.6 is 15.9 Å². The van der Waals surface area contributed by atoms with Gasteiger partial charge in [0.15, 0.2) is 6.61 Å². The largest absolute Gasteiger partial charge is 0.483 e. The third-order valence-electron chi connectivity index (χ3n) is 3.12. The van der Waals surface area contributed by atoms with E-state index in [1.807, 2.05) is 25.1 Å². The predicted molar refractivity (Wildman–Crippen MR) is 90.7 cm³/mol. The SMILES string of the molecule is CCc1cc(Br)ccc1OCC(=O)Nc1ccc([N+](=O)[O-])cc1. The molecule has 0 saturated heterocycles. The number of ether oxygens (including phenoxy) is 1. The lowest BCUT2D eigenvalue weighted by atomic mass is 10.1. The highest BCUT2D eigenvalue weighted by atomic mass is 79.9. The smallest absolute Gasteiger partial charge is 0.269 e. The van der Waals surface area contributed by atoms with Crippen molar-refractivity contribution in [3.8, 4) is 5.75 Å². The minimum Gasteiger partial charge on any atom is -0.483 e. The van der Waals surface area contributed by atoms with Gasteiger partial charge in [-0.2, -0.15) is 0 Å². The molecule has 23 heavy (non-hydrogen) atoms. The molecule has 1 amide bonds. The molecule has 0 unspecified atom stereocenters. The van der Waals surface area contributed by atoms with E-state index in [1.165, 1.54) is 24.3 Å².